The SMILES string of the molecule is O=C(Nc1ccc2c(c1)OCO2)[C@H]1CCCN(c2nnc(-n3cccc3)s2)C1. The lowest BCUT2D eigenvalue weighted by molar-refractivity contribution is -0.120. The van der Waals surface area contributed by atoms with Gasteiger partial charge in [0, 0.05) is 37.2 Å². The third kappa shape index (κ3) is 3.29. The smallest absolute Gasteiger partial charge is 0.231 e. The number of nitrogens with zero attached hydrogens (tertiary/aromatic N) is 4. The minimum Gasteiger partial charge on any atom is -0.454 e. The van der Waals surface area contributed by atoms with Crippen molar-refractivity contribution in [1.29, 1.82) is 0 Å². The van der Waals surface area contributed by atoms with E-state index in [-0.39, 0.29) is 18.6 Å². The zero-order valence-corrected chi connectivity index (χ0v) is 15.9. The summed E-state index contributed by atoms with van der Waals surface area (Å²) < 4.78 is 12.6. The highest BCUT2D eigenvalue weighted by Gasteiger charge is 2.28. The minimum absolute atomic E-state index is 0.0127. The van der Waals surface area contributed by atoms with Gasteiger partial charge in [-0.25, -0.2) is 0 Å². The lowest BCUT2D eigenvalue weighted by atomic mass is 9.97. The predicted molar refractivity (Wildman–Crippen MR) is 105 cm³/mol. The van der Waals surface area contributed by atoms with Gasteiger partial charge in [0.05, 0.1) is 5.92 Å². The zero-order chi connectivity index (χ0) is 18.9. The fourth-order valence-electron chi connectivity index (χ4n) is 3.49. The maximum absolute atomic E-state index is 12.8. The summed E-state index contributed by atoms with van der Waals surface area (Å²) in [5.74, 6) is 1.28. The molecule has 2 aliphatic rings. The molecule has 0 saturated carbocycles. The number of rotatable bonds is 4. The van der Waals surface area contributed by atoms with Crippen LogP contribution in [-0.4, -0.2) is 40.6 Å². The Kier molecular flexibility index (Phi) is 4.36. The van der Waals surface area contributed by atoms with Crippen LogP contribution in [0.5, 0.6) is 11.5 Å². The molecule has 2 aliphatic heterocycles. The van der Waals surface area contributed by atoms with E-state index in [2.05, 4.69) is 20.4 Å². The minimum atomic E-state index is -0.0990. The Labute approximate surface area is 165 Å². The molecule has 0 spiro atoms. The number of benzene rings is 1. The standard InChI is InChI=1S/C19H19N5O3S/c25-17(20-14-5-6-15-16(10-14)27-12-26-15)13-4-3-9-24(11-13)19-22-21-18(28-19)23-7-1-2-8-23/h1-2,5-8,10,13H,3-4,9,11-12H2,(H,20,25)/t13-/m0/s1. The first-order valence-electron chi connectivity index (χ1n) is 9.18. The Hall–Kier alpha value is -3.07. The van der Waals surface area contributed by atoms with Crippen LogP contribution in [0.3, 0.4) is 0 Å². The Morgan fingerprint density at radius 2 is 1.96 bits per heavy atom. The van der Waals surface area contributed by atoms with E-state index in [0.29, 0.717) is 18.0 Å². The molecule has 28 heavy (non-hydrogen) atoms. The Bertz CT molecular complexity index is 987. The number of aromatic nitrogens is 3. The van der Waals surface area contributed by atoms with Crippen LogP contribution in [-0.2, 0) is 4.79 Å². The molecule has 1 aromatic carbocycles. The molecule has 144 valence electrons. The number of fused-ring (bicyclic) bond motifs is 1. The first-order valence-corrected chi connectivity index (χ1v) is 10.0. The van der Waals surface area contributed by atoms with E-state index in [4.69, 9.17) is 9.47 Å². The van der Waals surface area contributed by atoms with E-state index >= 15 is 0 Å². The Morgan fingerprint density at radius 3 is 2.86 bits per heavy atom. The largest absolute Gasteiger partial charge is 0.454 e. The van der Waals surface area contributed by atoms with E-state index < -0.39 is 0 Å². The van der Waals surface area contributed by atoms with Crippen molar-refractivity contribution in [2.45, 2.75) is 12.8 Å². The van der Waals surface area contributed by atoms with Gasteiger partial charge in [0.15, 0.2) is 11.5 Å². The second-order valence-electron chi connectivity index (χ2n) is 6.80. The molecule has 1 N–H and O–H groups in total. The molecule has 3 aromatic rings. The molecule has 1 amide bonds. The summed E-state index contributed by atoms with van der Waals surface area (Å²) in [5, 5.41) is 13.3. The van der Waals surface area contributed by atoms with Crippen LogP contribution in [0.25, 0.3) is 5.13 Å². The van der Waals surface area contributed by atoms with Crippen LogP contribution in [0.15, 0.2) is 42.7 Å². The number of anilines is 2. The molecule has 0 radical (unpaired) electrons. The molecule has 8 nitrogen and oxygen atoms in total. The van der Waals surface area contributed by atoms with Gasteiger partial charge < -0.3 is 19.7 Å². The molecule has 0 aliphatic carbocycles. The van der Waals surface area contributed by atoms with Crippen molar-refractivity contribution in [2.24, 2.45) is 5.92 Å². The van der Waals surface area contributed by atoms with Gasteiger partial charge in [-0.05, 0) is 37.1 Å². The summed E-state index contributed by atoms with van der Waals surface area (Å²) in [6.07, 6.45) is 5.69. The van der Waals surface area contributed by atoms with Crippen LogP contribution in [0.4, 0.5) is 10.8 Å². The summed E-state index contributed by atoms with van der Waals surface area (Å²) in [4.78, 5) is 14.9. The maximum atomic E-state index is 12.8. The fourth-order valence-corrected chi connectivity index (χ4v) is 4.33. The number of nitrogens with one attached hydrogen (secondary N) is 1. The van der Waals surface area contributed by atoms with Crippen molar-refractivity contribution in [3.05, 3.63) is 42.7 Å². The highest BCUT2D eigenvalue weighted by molar-refractivity contribution is 7.17. The molecule has 1 atom stereocenters. The van der Waals surface area contributed by atoms with Gasteiger partial charge in [0.2, 0.25) is 23.0 Å². The lowest BCUT2D eigenvalue weighted by Gasteiger charge is -2.31. The number of hydrogen-bond donors (Lipinski definition) is 1. The Balaban J connectivity index is 1.26. The molecule has 5 rings (SSSR count). The van der Waals surface area contributed by atoms with Gasteiger partial charge >= 0.3 is 0 Å². The number of hydrogen-bond acceptors (Lipinski definition) is 7. The van der Waals surface area contributed by atoms with Crippen molar-refractivity contribution >= 4 is 28.1 Å². The van der Waals surface area contributed by atoms with E-state index in [0.717, 1.165) is 35.3 Å². The van der Waals surface area contributed by atoms with Crippen molar-refractivity contribution in [3.8, 4) is 16.6 Å². The highest BCUT2D eigenvalue weighted by atomic mass is 32.1. The van der Waals surface area contributed by atoms with E-state index in [1.165, 1.54) is 11.3 Å². The van der Waals surface area contributed by atoms with Crippen LogP contribution in [0, 0.1) is 5.92 Å². The summed E-state index contributed by atoms with van der Waals surface area (Å²) in [7, 11) is 0. The summed E-state index contributed by atoms with van der Waals surface area (Å²) in [6.45, 7) is 1.74. The van der Waals surface area contributed by atoms with Crippen LogP contribution >= 0.6 is 11.3 Å². The van der Waals surface area contributed by atoms with E-state index in [1.54, 1.807) is 6.07 Å². The van der Waals surface area contributed by atoms with Crippen molar-refractivity contribution in [1.82, 2.24) is 14.8 Å². The van der Waals surface area contributed by atoms with Crippen LogP contribution in [0.1, 0.15) is 12.8 Å². The van der Waals surface area contributed by atoms with Gasteiger partial charge in [-0.15, -0.1) is 10.2 Å². The number of carbonyl (C=O) groups is 1. The van der Waals surface area contributed by atoms with Crippen molar-refractivity contribution in [3.63, 3.8) is 0 Å². The van der Waals surface area contributed by atoms with Gasteiger partial charge in [-0.1, -0.05) is 11.3 Å². The number of amides is 1. The Morgan fingerprint density at radius 1 is 1.14 bits per heavy atom. The molecule has 0 bridgehead atoms. The third-order valence-electron chi connectivity index (χ3n) is 4.93. The van der Waals surface area contributed by atoms with Crippen LogP contribution < -0.4 is 19.7 Å². The molecular formula is C19H19N5O3S. The monoisotopic (exact) mass is 397 g/mol. The zero-order valence-electron chi connectivity index (χ0n) is 15.1. The second kappa shape index (κ2) is 7.16. The maximum Gasteiger partial charge on any atom is 0.231 e. The second-order valence-corrected chi connectivity index (χ2v) is 7.73. The summed E-state index contributed by atoms with van der Waals surface area (Å²) in [5.41, 5.74) is 0.720. The molecule has 1 saturated heterocycles. The summed E-state index contributed by atoms with van der Waals surface area (Å²) >= 11 is 1.53. The van der Waals surface area contributed by atoms with Gasteiger partial charge in [-0.3, -0.25) is 9.36 Å². The topological polar surface area (TPSA) is 81.5 Å². The van der Waals surface area contributed by atoms with Crippen LogP contribution in [0.2, 0.25) is 0 Å². The first kappa shape index (κ1) is 17.1. The van der Waals surface area contributed by atoms with Gasteiger partial charge in [0.25, 0.3) is 0 Å². The van der Waals surface area contributed by atoms with Gasteiger partial charge in [0.1, 0.15) is 0 Å². The molecular weight excluding hydrogens is 378 g/mol. The van der Waals surface area contributed by atoms with Crippen molar-refractivity contribution < 1.29 is 14.3 Å². The highest BCUT2D eigenvalue weighted by Crippen LogP contribution is 2.34. The average molecular weight is 397 g/mol. The average Bonchev–Trinajstić information content (AvgIpc) is 3.48. The molecule has 0 unspecified atom stereocenters. The number of carbonyl (C=O) groups excluding carboxylic acids is 1. The number of piperidine rings is 1. The van der Waals surface area contributed by atoms with Gasteiger partial charge in [-0.2, -0.15) is 0 Å². The molecule has 1 fully saturated rings. The first-order chi connectivity index (χ1) is 13.8. The lowest BCUT2D eigenvalue weighted by Crippen LogP contribution is -2.40. The van der Waals surface area contributed by atoms with Crippen molar-refractivity contribution in [2.75, 3.05) is 30.1 Å². The number of ether oxygens (including phenoxy) is 2. The quantitative estimate of drug-likeness (QED) is 0.729. The van der Waals surface area contributed by atoms with E-state index in [9.17, 15) is 4.79 Å². The summed E-state index contributed by atoms with van der Waals surface area (Å²) in [6, 6.07) is 9.36. The molecule has 4 heterocycles. The normalized spacial score (nSPS) is 18.3. The fraction of sp³-hybridized carbons (Fsp3) is 0.316. The third-order valence-corrected chi connectivity index (χ3v) is 5.93. The van der Waals surface area contributed by atoms with E-state index in [1.807, 2.05) is 41.2 Å². The predicted octanol–water partition coefficient (Wildman–Crippen LogP) is 2.91. The molecule has 2 aromatic heterocycles. The molecule has 9 heteroatoms.